The third kappa shape index (κ3) is 4.03. The van der Waals surface area contributed by atoms with E-state index in [9.17, 15) is 26.3 Å². The normalized spacial score (nSPS) is 12.4. The van der Waals surface area contributed by atoms with Crippen LogP contribution in [0.5, 0.6) is 0 Å². The molecule has 1 N–H and O–H groups in total. The third-order valence-electron chi connectivity index (χ3n) is 3.70. The predicted molar refractivity (Wildman–Crippen MR) is 90.0 cm³/mol. The minimum atomic E-state index is -4.96. The van der Waals surface area contributed by atoms with Crippen LogP contribution in [0.4, 0.5) is 26.3 Å². The number of thiazole rings is 1. The van der Waals surface area contributed by atoms with E-state index in [2.05, 4.69) is 0 Å². The van der Waals surface area contributed by atoms with Crippen LogP contribution in [0.2, 0.25) is 5.02 Å². The number of nitrogens with one attached hydrogen (secondary N) is 1. The molecule has 0 atom stereocenters. The van der Waals surface area contributed by atoms with Crippen LogP contribution in [-0.2, 0) is 12.4 Å². The van der Waals surface area contributed by atoms with Crippen molar-refractivity contribution in [1.82, 2.24) is 4.57 Å². The van der Waals surface area contributed by atoms with E-state index in [1.165, 1.54) is 17.5 Å². The molecule has 10 heteroatoms. The molecule has 3 rings (SSSR count). The second-order valence-electron chi connectivity index (χ2n) is 5.53. The fraction of sp³-hybridized carbons (Fsp3) is 0.118. The number of benzene rings is 2. The van der Waals surface area contributed by atoms with Crippen molar-refractivity contribution in [2.45, 2.75) is 12.4 Å². The second-order valence-corrected chi connectivity index (χ2v) is 6.83. The summed E-state index contributed by atoms with van der Waals surface area (Å²) in [5, 5.41) is 9.87. The van der Waals surface area contributed by atoms with Crippen molar-refractivity contribution in [3.05, 3.63) is 68.8 Å². The van der Waals surface area contributed by atoms with Gasteiger partial charge in [-0.15, -0.1) is 11.3 Å². The van der Waals surface area contributed by atoms with Crippen LogP contribution >= 0.6 is 22.9 Å². The number of nitrogens with zero attached hydrogens (tertiary/aromatic N) is 1. The summed E-state index contributed by atoms with van der Waals surface area (Å²) in [7, 11) is 0. The van der Waals surface area contributed by atoms with E-state index < -0.39 is 29.2 Å². The molecule has 0 aliphatic carbocycles. The average molecular weight is 423 g/mol. The van der Waals surface area contributed by atoms with E-state index in [0.29, 0.717) is 22.7 Å². The Bertz CT molecular complexity index is 999. The maximum absolute atomic E-state index is 13.1. The summed E-state index contributed by atoms with van der Waals surface area (Å²) in [5.74, 6) is 0. The minimum absolute atomic E-state index is 0.0576. The molecule has 0 spiro atoms. The van der Waals surface area contributed by atoms with Crippen molar-refractivity contribution < 1.29 is 26.3 Å². The van der Waals surface area contributed by atoms with Crippen molar-refractivity contribution in [3.63, 3.8) is 0 Å². The van der Waals surface area contributed by atoms with Crippen LogP contribution in [-0.4, -0.2) is 4.57 Å². The van der Waals surface area contributed by atoms with Crippen LogP contribution in [0.1, 0.15) is 11.1 Å². The second kappa shape index (κ2) is 6.72. The molecule has 0 saturated carbocycles. The van der Waals surface area contributed by atoms with E-state index in [1.807, 2.05) is 0 Å². The Kier molecular flexibility index (Phi) is 4.85. The van der Waals surface area contributed by atoms with Gasteiger partial charge in [0.15, 0.2) is 4.80 Å². The van der Waals surface area contributed by atoms with Crippen LogP contribution in [0.3, 0.4) is 0 Å². The molecule has 1 heterocycles. The van der Waals surface area contributed by atoms with Gasteiger partial charge in [0.1, 0.15) is 0 Å². The van der Waals surface area contributed by atoms with Gasteiger partial charge in [-0.05, 0) is 35.9 Å². The SMILES string of the molecule is N=c1scc(-c2ccc(Cl)cc2)n1-c1cc(C(F)(F)F)cc(C(F)(F)F)c1. The highest BCUT2D eigenvalue weighted by Gasteiger charge is 2.37. The smallest absolute Gasteiger partial charge is 0.286 e. The molecule has 142 valence electrons. The summed E-state index contributed by atoms with van der Waals surface area (Å²) in [6.45, 7) is 0. The molecule has 0 fully saturated rings. The molecule has 0 aliphatic heterocycles. The Morgan fingerprint density at radius 2 is 1.37 bits per heavy atom. The average Bonchev–Trinajstić information content (AvgIpc) is 2.95. The van der Waals surface area contributed by atoms with Gasteiger partial charge in [-0.25, -0.2) is 0 Å². The summed E-state index contributed by atoms with van der Waals surface area (Å²) < 4.78 is 79.7. The van der Waals surface area contributed by atoms with E-state index in [4.69, 9.17) is 17.0 Å². The highest BCUT2D eigenvalue weighted by Crippen LogP contribution is 2.37. The van der Waals surface area contributed by atoms with Crippen LogP contribution in [0.25, 0.3) is 16.9 Å². The van der Waals surface area contributed by atoms with Crippen molar-refractivity contribution in [1.29, 1.82) is 5.41 Å². The quantitative estimate of drug-likeness (QED) is 0.464. The number of hydrogen-bond acceptors (Lipinski definition) is 2. The van der Waals surface area contributed by atoms with E-state index in [-0.39, 0.29) is 16.6 Å². The van der Waals surface area contributed by atoms with E-state index >= 15 is 0 Å². The molecule has 0 bridgehead atoms. The van der Waals surface area contributed by atoms with Crippen LogP contribution in [0.15, 0.2) is 47.8 Å². The van der Waals surface area contributed by atoms with Crippen molar-refractivity contribution >= 4 is 22.9 Å². The summed E-state index contributed by atoms with van der Waals surface area (Å²) >= 11 is 6.70. The van der Waals surface area contributed by atoms with Gasteiger partial charge in [0.05, 0.1) is 16.8 Å². The first-order chi connectivity index (χ1) is 12.5. The minimum Gasteiger partial charge on any atom is -0.286 e. The number of aromatic nitrogens is 1. The Balaban J connectivity index is 2.27. The highest BCUT2D eigenvalue weighted by atomic mass is 35.5. The van der Waals surface area contributed by atoms with Crippen LogP contribution in [0, 0.1) is 5.41 Å². The molecule has 3 aromatic rings. The van der Waals surface area contributed by atoms with Gasteiger partial charge < -0.3 is 0 Å². The molecule has 27 heavy (non-hydrogen) atoms. The fourth-order valence-electron chi connectivity index (χ4n) is 2.47. The highest BCUT2D eigenvalue weighted by molar-refractivity contribution is 7.07. The summed E-state index contributed by atoms with van der Waals surface area (Å²) in [6.07, 6.45) is -9.93. The number of alkyl halides is 6. The topological polar surface area (TPSA) is 28.8 Å². The van der Waals surface area contributed by atoms with E-state index in [0.717, 1.165) is 15.9 Å². The molecule has 0 amide bonds. The number of hydrogen-bond donors (Lipinski definition) is 1. The largest absolute Gasteiger partial charge is 0.416 e. The first-order valence-corrected chi connectivity index (χ1v) is 8.53. The van der Waals surface area contributed by atoms with Crippen molar-refractivity contribution in [2.24, 2.45) is 0 Å². The van der Waals surface area contributed by atoms with Gasteiger partial charge in [0, 0.05) is 16.1 Å². The Hall–Kier alpha value is -2.26. The van der Waals surface area contributed by atoms with Crippen LogP contribution < -0.4 is 4.80 Å². The molecule has 2 aromatic carbocycles. The molecule has 2 nitrogen and oxygen atoms in total. The van der Waals surface area contributed by atoms with Gasteiger partial charge in [0.2, 0.25) is 0 Å². The number of halogens is 7. The molecule has 1 aromatic heterocycles. The van der Waals surface area contributed by atoms with Crippen molar-refractivity contribution in [3.8, 4) is 16.9 Å². The first kappa shape index (κ1) is 19.5. The van der Waals surface area contributed by atoms with Gasteiger partial charge in [0.25, 0.3) is 0 Å². The monoisotopic (exact) mass is 422 g/mol. The Morgan fingerprint density at radius 3 is 1.85 bits per heavy atom. The summed E-state index contributed by atoms with van der Waals surface area (Å²) in [6, 6.07) is 7.46. The Labute approximate surface area is 157 Å². The summed E-state index contributed by atoms with van der Waals surface area (Å²) in [4.78, 5) is -0.215. The lowest BCUT2D eigenvalue weighted by molar-refractivity contribution is -0.143. The fourth-order valence-corrected chi connectivity index (χ4v) is 3.37. The zero-order valence-electron chi connectivity index (χ0n) is 13.1. The lowest BCUT2D eigenvalue weighted by atomic mass is 10.1. The zero-order valence-corrected chi connectivity index (χ0v) is 14.7. The standard InChI is InChI=1S/C17H9ClF6N2S/c18-12-3-1-9(2-4-12)14-8-27-15(25)26(14)13-6-10(16(19,20)21)5-11(7-13)17(22,23)24/h1-8,25H. The molecule has 0 radical (unpaired) electrons. The van der Waals surface area contributed by atoms with Gasteiger partial charge in [-0.2, -0.15) is 26.3 Å². The summed E-state index contributed by atoms with van der Waals surface area (Å²) in [5.41, 5.74) is -2.48. The predicted octanol–water partition coefficient (Wildman–Crippen LogP) is 6.38. The van der Waals surface area contributed by atoms with Crippen molar-refractivity contribution in [2.75, 3.05) is 0 Å². The molecule has 0 saturated heterocycles. The molecule has 0 aliphatic rings. The third-order valence-corrected chi connectivity index (χ3v) is 4.70. The van der Waals surface area contributed by atoms with Gasteiger partial charge >= 0.3 is 12.4 Å². The maximum atomic E-state index is 13.1. The first-order valence-electron chi connectivity index (χ1n) is 7.28. The lowest BCUT2D eigenvalue weighted by Gasteiger charge is -2.16. The molecule has 0 unspecified atom stereocenters. The maximum Gasteiger partial charge on any atom is 0.416 e. The molecular formula is C17H9ClF6N2S. The Morgan fingerprint density at radius 1 is 0.852 bits per heavy atom. The van der Waals surface area contributed by atoms with Gasteiger partial charge in [-0.3, -0.25) is 9.98 Å². The lowest BCUT2D eigenvalue weighted by Crippen LogP contribution is -2.17. The van der Waals surface area contributed by atoms with E-state index in [1.54, 1.807) is 12.1 Å². The molecular weight excluding hydrogens is 414 g/mol. The van der Waals surface area contributed by atoms with Gasteiger partial charge in [-0.1, -0.05) is 23.7 Å². The number of rotatable bonds is 2. The zero-order chi connectivity index (χ0) is 20.0.